The Bertz CT molecular complexity index is 698. The van der Waals surface area contributed by atoms with E-state index in [-0.39, 0.29) is 5.56 Å². The van der Waals surface area contributed by atoms with E-state index in [1.54, 1.807) is 11.6 Å². The first-order chi connectivity index (χ1) is 10.1. The maximum Gasteiger partial charge on any atom is 0.280 e. The molecule has 2 aromatic rings. The number of anilines is 2. The van der Waals surface area contributed by atoms with Gasteiger partial charge in [0.1, 0.15) is 0 Å². The standard InChI is InChI=1S/C13H21N7O/c1-4-18(2)13-17-10-9(11(21)19(13)3)15-12(16-10)20-7-5-14-6-8-20/h14H,4-8H2,1-3H3,(H,15,16). The van der Waals surface area contributed by atoms with Crippen LogP contribution < -0.4 is 20.7 Å². The van der Waals surface area contributed by atoms with Gasteiger partial charge in [0.25, 0.3) is 5.56 Å². The van der Waals surface area contributed by atoms with Gasteiger partial charge in [-0.05, 0) is 6.92 Å². The summed E-state index contributed by atoms with van der Waals surface area (Å²) in [6, 6.07) is 0. The lowest BCUT2D eigenvalue weighted by Crippen LogP contribution is -2.44. The van der Waals surface area contributed by atoms with E-state index in [0.29, 0.717) is 17.1 Å². The molecule has 1 aliphatic rings. The Morgan fingerprint density at radius 2 is 2.00 bits per heavy atom. The first-order valence-electron chi connectivity index (χ1n) is 7.25. The van der Waals surface area contributed by atoms with Crippen molar-refractivity contribution in [2.24, 2.45) is 7.05 Å². The van der Waals surface area contributed by atoms with Gasteiger partial charge in [-0.1, -0.05) is 0 Å². The number of nitrogens with one attached hydrogen (secondary N) is 2. The first-order valence-corrected chi connectivity index (χ1v) is 7.25. The second-order valence-electron chi connectivity index (χ2n) is 5.29. The first kappa shape index (κ1) is 13.9. The molecule has 0 unspecified atom stereocenters. The highest BCUT2D eigenvalue weighted by molar-refractivity contribution is 5.74. The molecule has 1 saturated heterocycles. The molecule has 0 spiro atoms. The summed E-state index contributed by atoms with van der Waals surface area (Å²) in [6.07, 6.45) is 0. The predicted molar refractivity (Wildman–Crippen MR) is 83.2 cm³/mol. The molecule has 1 aliphatic heterocycles. The topological polar surface area (TPSA) is 82.1 Å². The van der Waals surface area contributed by atoms with E-state index < -0.39 is 0 Å². The van der Waals surface area contributed by atoms with E-state index in [1.165, 1.54) is 0 Å². The molecule has 0 radical (unpaired) electrons. The zero-order valence-electron chi connectivity index (χ0n) is 12.7. The van der Waals surface area contributed by atoms with Crippen LogP contribution in [-0.2, 0) is 7.05 Å². The largest absolute Gasteiger partial charge is 0.345 e. The van der Waals surface area contributed by atoms with Crippen LogP contribution in [0.1, 0.15) is 6.92 Å². The van der Waals surface area contributed by atoms with Gasteiger partial charge >= 0.3 is 0 Å². The van der Waals surface area contributed by atoms with Gasteiger partial charge in [-0.2, -0.15) is 9.97 Å². The number of nitrogens with zero attached hydrogens (tertiary/aromatic N) is 5. The minimum Gasteiger partial charge on any atom is -0.345 e. The van der Waals surface area contributed by atoms with E-state index in [0.717, 1.165) is 38.7 Å². The third-order valence-corrected chi connectivity index (χ3v) is 3.93. The number of aromatic amines is 1. The molecule has 1 fully saturated rings. The molecule has 0 aliphatic carbocycles. The number of hydrogen-bond acceptors (Lipinski definition) is 6. The van der Waals surface area contributed by atoms with Crippen molar-refractivity contribution < 1.29 is 0 Å². The fraction of sp³-hybridized carbons (Fsp3) is 0.615. The van der Waals surface area contributed by atoms with Crippen LogP contribution >= 0.6 is 0 Å². The molecule has 3 heterocycles. The number of piperazine rings is 1. The van der Waals surface area contributed by atoms with Crippen molar-refractivity contribution in [2.75, 3.05) is 49.6 Å². The average molecular weight is 291 g/mol. The van der Waals surface area contributed by atoms with Crippen LogP contribution in [0.2, 0.25) is 0 Å². The lowest BCUT2D eigenvalue weighted by atomic mass is 10.4. The minimum atomic E-state index is -0.0933. The van der Waals surface area contributed by atoms with E-state index in [2.05, 4.69) is 25.2 Å². The number of H-pyrrole nitrogens is 1. The molecule has 21 heavy (non-hydrogen) atoms. The maximum atomic E-state index is 12.5. The lowest BCUT2D eigenvalue weighted by Gasteiger charge is -2.26. The van der Waals surface area contributed by atoms with E-state index in [1.807, 2.05) is 18.9 Å². The zero-order valence-corrected chi connectivity index (χ0v) is 12.7. The molecule has 0 atom stereocenters. The van der Waals surface area contributed by atoms with Gasteiger partial charge < -0.3 is 20.1 Å². The summed E-state index contributed by atoms with van der Waals surface area (Å²) in [5, 5.41) is 3.30. The third-order valence-electron chi connectivity index (χ3n) is 3.93. The molecule has 8 nitrogen and oxygen atoms in total. The van der Waals surface area contributed by atoms with Gasteiger partial charge in [-0.3, -0.25) is 9.36 Å². The molecule has 114 valence electrons. The quantitative estimate of drug-likeness (QED) is 0.795. The Kier molecular flexibility index (Phi) is 3.54. The summed E-state index contributed by atoms with van der Waals surface area (Å²) in [4.78, 5) is 28.7. The van der Waals surface area contributed by atoms with Crippen molar-refractivity contribution in [3.63, 3.8) is 0 Å². The molecule has 0 aromatic carbocycles. The Morgan fingerprint density at radius 3 is 2.67 bits per heavy atom. The summed E-state index contributed by atoms with van der Waals surface area (Å²) < 4.78 is 1.56. The third kappa shape index (κ3) is 2.35. The van der Waals surface area contributed by atoms with Crippen molar-refractivity contribution in [1.29, 1.82) is 0 Å². The molecule has 0 saturated carbocycles. The van der Waals surface area contributed by atoms with Gasteiger partial charge in [0, 0.05) is 46.8 Å². The molecule has 2 N–H and O–H groups in total. The summed E-state index contributed by atoms with van der Waals surface area (Å²) in [7, 11) is 3.65. The van der Waals surface area contributed by atoms with Crippen molar-refractivity contribution in [3.05, 3.63) is 10.4 Å². The van der Waals surface area contributed by atoms with Crippen LogP contribution in [0.5, 0.6) is 0 Å². The number of fused-ring (bicyclic) bond motifs is 1. The van der Waals surface area contributed by atoms with Gasteiger partial charge in [0.15, 0.2) is 11.2 Å². The highest BCUT2D eigenvalue weighted by Gasteiger charge is 2.18. The molecule has 0 bridgehead atoms. The van der Waals surface area contributed by atoms with Crippen molar-refractivity contribution in [1.82, 2.24) is 24.8 Å². The Hall–Kier alpha value is -2.09. The van der Waals surface area contributed by atoms with Crippen molar-refractivity contribution >= 4 is 23.1 Å². The number of hydrogen-bond donors (Lipinski definition) is 2. The number of aromatic nitrogens is 4. The van der Waals surface area contributed by atoms with Gasteiger partial charge in [-0.15, -0.1) is 0 Å². The zero-order chi connectivity index (χ0) is 15.0. The number of rotatable bonds is 3. The normalized spacial score (nSPS) is 15.7. The maximum absolute atomic E-state index is 12.5. The van der Waals surface area contributed by atoms with Crippen LogP contribution in [0.4, 0.5) is 11.9 Å². The van der Waals surface area contributed by atoms with E-state index >= 15 is 0 Å². The monoisotopic (exact) mass is 291 g/mol. The van der Waals surface area contributed by atoms with Crippen LogP contribution in [0.3, 0.4) is 0 Å². The highest BCUT2D eigenvalue weighted by Crippen LogP contribution is 2.16. The summed E-state index contributed by atoms with van der Waals surface area (Å²) in [5.41, 5.74) is 0.866. The second kappa shape index (κ2) is 5.36. The van der Waals surface area contributed by atoms with Gasteiger partial charge in [0.2, 0.25) is 11.9 Å². The molecule has 3 rings (SSSR count). The SMILES string of the molecule is CCN(C)c1nc2nc(N3CCNCC3)[nH]c2c(=O)n1C. The molecule has 0 amide bonds. The molecule has 2 aromatic heterocycles. The Morgan fingerprint density at radius 1 is 1.29 bits per heavy atom. The smallest absolute Gasteiger partial charge is 0.280 e. The molecular formula is C13H21N7O. The van der Waals surface area contributed by atoms with Crippen molar-refractivity contribution in [3.8, 4) is 0 Å². The summed E-state index contributed by atoms with van der Waals surface area (Å²) >= 11 is 0. The Labute approximate surface area is 122 Å². The molecular weight excluding hydrogens is 270 g/mol. The van der Waals surface area contributed by atoms with E-state index in [9.17, 15) is 4.79 Å². The predicted octanol–water partition coefficient (Wildman–Crippen LogP) is -0.478. The van der Waals surface area contributed by atoms with Crippen LogP contribution in [0.25, 0.3) is 11.2 Å². The summed E-state index contributed by atoms with van der Waals surface area (Å²) in [6.45, 7) is 6.40. The number of imidazole rings is 1. The van der Waals surface area contributed by atoms with Crippen LogP contribution in [-0.4, -0.2) is 59.3 Å². The fourth-order valence-corrected chi connectivity index (χ4v) is 2.52. The van der Waals surface area contributed by atoms with Crippen LogP contribution in [0, 0.1) is 0 Å². The summed E-state index contributed by atoms with van der Waals surface area (Å²) in [5.74, 6) is 1.36. The fourth-order valence-electron chi connectivity index (χ4n) is 2.52. The average Bonchev–Trinajstić information content (AvgIpc) is 2.95. The minimum absolute atomic E-state index is 0.0933. The van der Waals surface area contributed by atoms with Crippen molar-refractivity contribution in [2.45, 2.75) is 6.92 Å². The second-order valence-corrected chi connectivity index (χ2v) is 5.29. The Balaban J connectivity index is 2.08. The lowest BCUT2D eigenvalue weighted by molar-refractivity contribution is 0.582. The van der Waals surface area contributed by atoms with E-state index in [4.69, 9.17) is 0 Å². The van der Waals surface area contributed by atoms with Gasteiger partial charge in [-0.25, -0.2) is 0 Å². The highest BCUT2D eigenvalue weighted by atomic mass is 16.1. The van der Waals surface area contributed by atoms with Gasteiger partial charge in [0.05, 0.1) is 0 Å². The molecule has 8 heteroatoms. The van der Waals surface area contributed by atoms with Crippen LogP contribution in [0.15, 0.2) is 4.79 Å².